The zero-order valence-electron chi connectivity index (χ0n) is 14.6. The number of nitrogens with one attached hydrogen (secondary N) is 2. The highest BCUT2D eigenvalue weighted by atomic mass is 35.5. The zero-order valence-corrected chi connectivity index (χ0v) is 15.4. The summed E-state index contributed by atoms with van der Waals surface area (Å²) in [6.45, 7) is 4.55. The van der Waals surface area contributed by atoms with E-state index in [9.17, 15) is 9.59 Å². The van der Waals surface area contributed by atoms with Gasteiger partial charge in [-0.25, -0.2) is 0 Å². The van der Waals surface area contributed by atoms with Gasteiger partial charge in [0, 0.05) is 24.2 Å². The Morgan fingerprint density at radius 3 is 2.36 bits per heavy atom. The Labute approximate surface area is 155 Å². The fourth-order valence-corrected chi connectivity index (χ4v) is 3.27. The molecule has 1 aliphatic carbocycles. The van der Waals surface area contributed by atoms with Crippen molar-refractivity contribution in [2.24, 2.45) is 11.1 Å². The molecule has 1 saturated carbocycles. The predicted octanol–water partition coefficient (Wildman–Crippen LogP) is 3.26. The molecule has 0 aromatic heterocycles. The van der Waals surface area contributed by atoms with Crippen LogP contribution in [0.25, 0.3) is 0 Å². The Kier molecular flexibility index (Phi) is 8.66. The van der Waals surface area contributed by atoms with Crippen molar-refractivity contribution in [2.75, 3.05) is 18.4 Å². The van der Waals surface area contributed by atoms with Crippen LogP contribution in [0.1, 0.15) is 48.9 Å². The van der Waals surface area contributed by atoms with E-state index in [1.54, 1.807) is 30.3 Å². The Bertz CT molecular complexity index is 581. The van der Waals surface area contributed by atoms with Crippen LogP contribution in [0.5, 0.6) is 0 Å². The minimum Gasteiger partial charge on any atom is -0.349 e. The molecule has 0 atom stereocenters. The molecule has 6 heteroatoms. The number of nitrogens with two attached hydrogens (primary N) is 1. The van der Waals surface area contributed by atoms with Gasteiger partial charge in [-0.1, -0.05) is 25.3 Å². The van der Waals surface area contributed by atoms with Crippen molar-refractivity contribution in [3.8, 4) is 0 Å². The van der Waals surface area contributed by atoms with Crippen molar-refractivity contribution in [3.05, 3.63) is 42.5 Å². The quantitative estimate of drug-likeness (QED) is 0.648. The first-order valence-electron chi connectivity index (χ1n) is 8.58. The van der Waals surface area contributed by atoms with Gasteiger partial charge in [0.25, 0.3) is 5.91 Å². The molecule has 0 saturated heterocycles. The molecular formula is C19H28ClN3O2. The summed E-state index contributed by atoms with van der Waals surface area (Å²) in [5.41, 5.74) is 7.15. The molecule has 1 aromatic carbocycles. The number of anilines is 1. The highest BCUT2D eigenvalue weighted by molar-refractivity contribution is 5.96. The third-order valence-electron chi connectivity index (χ3n) is 4.72. The van der Waals surface area contributed by atoms with E-state index < -0.39 is 0 Å². The van der Waals surface area contributed by atoms with Gasteiger partial charge in [-0.05, 0) is 49.1 Å². The van der Waals surface area contributed by atoms with Crippen LogP contribution >= 0.6 is 12.4 Å². The predicted molar refractivity (Wildman–Crippen MR) is 104 cm³/mol. The largest absolute Gasteiger partial charge is 0.349 e. The van der Waals surface area contributed by atoms with Crippen LogP contribution in [-0.4, -0.2) is 24.9 Å². The Balaban J connectivity index is 0.00000312. The maximum absolute atomic E-state index is 12.3. The van der Waals surface area contributed by atoms with Gasteiger partial charge in [-0.2, -0.15) is 0 Å². The molecule has 2 amide bonds. The number of hydrogen-bond acceptors (Lipinski definition) is 3. The van der Waals surface area contributed by atoms with E-state index in [1.165, 1.54) is 6.42 Å². The Morgan fingerprint density at radius 2 is 1.80 bits per heavy atom. The van der Waals surface area contributed by atoms with E-state index in [0.717, 1.165) is 25.7 Å². The Hall–Kier alpha value is -1.85. The van der Waals surface area contributed by atoms with Gasteiger partial charge < -0.3 is 16.4 Å². The third-order valence-corrected chi connectivity index (χ3v) is 4.72. The number of halogens is 1. The molecule has 0 heterocycles. The monoisotopic (exact) mass is 365 g/mol. The summed E-state index contributed by atoms with van der Waals surface area (Å²) in [5, 5.41) is 5.63. The maximum Gasteiger partial charge on any atom is 0.251 e. The average molecular weight is 366 g/mol. The number of hydrogen-bond donors (Lipinski definition) is 3. The molecule has 4 N–H and O–H groups in total. The fourth-order valence-electron chi connectivity index (χ4n) is 3.27. The molecule has 0 bridgehead atoms. The highest BCUT2D eigenvalue weighted by Crippen LogP contribution is 2.38. The minimum atomic E-state index is -0.155. The summed E-state index contributed by atoms with van der Waals surface area (Å²) in [6.07, 6.45) is 7.69. The first-order valence-corrected chi connectivity index (χ1v) is 8.58. The van der Waals surface area contributed by atoms with Crippen LogP contribution in [0.2, 0.25) is 0 Å². The number of benzene rings is 1. The van der Waals surface area contributed by atoms with Crippen LogP contribution in [0, 0.1) is 5.41 Å². The highest BCUT2D eigenvalue weighted by Gasteiger charge is 2.32. The number of rotatable bonds is 7. The van der Waals surface area contributed by atoms with Crippen LogP contribution in [0.3, 0.4) is 0 Å². The summed E-state index contributed by atoms with van der Waals surface area (Å²) in [4.78, 5) is 24.2. The number of amides is 2. The zero-order chi connectivity index (χ0) is 17.4. The molecule has 2 rings (SSSR count). The van der Waals surface area contributed by atoms with Crippen molar-refractivity contribution in [2.45, 2.75) is 38.5 Å². The van der Waals surface area contributed by atoms with Gasteiger partial charge >= 0.3 is 0 Å². The molecule has 0 unspecified atom stereocenters. The van der Waals surface area contributed by atoms with E-state index in [2.05, 4.69) is 17.2 Å². The van der Waals surface area contributed by atoms with E-state index >= 15 is 0 Å². The molecule has 0 spiro atoms. The Morgan fingerprint density at radius 1 is 1.16 bits per heavy atom. The minimum absolute atomic E-state index is 0. The fraction of sp³-hybridized carbons (Fsp3) is 0.474. The van der Waals surface area contributed by atoms with Crippen molar-refractivity contribution in [1.82, 2.24) is 5.32 Å². The second kappa shape index (κ2) is 10.2. The van der Waals surface area contributed by atoms with Crippen LogP contribution in [0.15, 0.2) is 36.9 Å². The first-order chi connectivity index (χ1) is 11.6. The molecule has 1 aliphatic rings. The number of carbonyl (C=O) groups is 2. The summed E-state index contributed by atoms with van der Waals surface area (Å²) < 4.78 is 0. The molecule has 0 radical (unpaired) electrons. The van der Waals surface area contributed by atoms with Gasteiger partial charge in [0.05, 0.1) is 0 Å². The van der Waals surface area contributed by atoms with E-state index in [0.29, 0.717) is 30.8 Å². The van der Waals surface area contributed by atoms with Crippen molar-refractivity contribution in [3.63, 3.8) is 0 Å². The smallest absolute Gasteiger partial charge is 0.251 e. The van der Waals surface area contributed by atoms with Gasteiger partial charge in [0.2, 0.25) is 5.91 Å². The summed E-state index contributed by atoms with van der Waals surface area (Å²) in [6, 6.07) is 6.90. The van der Waals surface area contributed by atoms with Crippen molar-refractivity contribution in [1.29, 1.82) is 0 Å². The lowest BCUT2D eigenvalue weighted by Gasteiger charge is -2.35. The topological polar surface area (TPSA) is 84.2 Å². The van der Waals surface area contributed by atoms with Gasteiger partial charge in [-0.15, -0.1) is 19.0 Å². The van der Waals surface area contributed by atoms with Crippen molar-refractivity contribution >= 4 is 29.9 Å². The molecular weight excluding hydrogens is 338 g/mol. The second-order valence-electron chi connectivity index (χ2n) is 6.57. The van der Waals surface area contributed by atoms with Crippen molar-refractivity contribution < 1.29 is 9.59 Å². The summed E-state index contributed by atoms with van der Waals surface area (Å²) in [5.74, 6) is -0.164. The van der Waals surface area contributed by atoms with Crippen LogP contribution in [0.4, 0.5) is 5.69 Å². The standard InChI is InChI=1S/C19H27N3O2.ClH/c1-2-12-21-18(24)15-6-8-16(9-7-15)22-17(23)13-19(14-20)10-4-3-5-11-19;/h2,6-9H,1,3-5,10-14,20H2,(H,21,24)(H,22,23);1H. The third kappa shape index (κ3) is 6.18. The normalized spacial score (nSPS) is 15.6. The van der Waals surface area contributed by atoms with Gasteiger partial charge in [0.1, 0.15) is 0 Å². The lowest BCUT2D eigenvalue weighted by Crippen LogP contribution is -2.36. The van der Waals surface area contributed by atoms with Crippen LogP contribution in [-0.2, 0) is 4.79 Å². The van der Waals surface area contributed by atoms with Gasteiger partial charge in [0.15, 0.2) is 0 Å². The lowest BCUT2D eigenvalue weighted by atomic mass is 9.71. The molecule has 1 aromatic rings. The molecule has 25 heavy (non-hydrogen) atoms. The maximum atomic E-state index is 12.3. The lowest BCUT2D eigenvalue weighted by molar-refractivity contribution is -0.118. The average Bonchev–Trinajstić information content (AvgIpc) is 2.61. The first kappa shape index (κ1) is 21.2. The molecule has 5 nitrogen and oxygen atoms in total. The number of carbonyl (C=O) groups excluding carboxylic acids is 2. The van der Waals surface area contributed by atoms with E-state index in [1.807, 2.05) is 0 Å². The molecule has 0 aliphatic heterocycles. The molecule has 138 valence electrons. The SMILES string of the molecule is C=CCNC(=O)c1ccc(NC(=O)CC2(CN)CCCCC2)cc1.Cl. The molecule has 1 fully saturated rings. The van der Waals surface area contributed by atoms with Crippen LogP contribution < -0.4 is 16.4 Å². The summed E-state index contributed by atoms with van der Waals surface area (Å²) in [7, 11) is 0. The van der Waals surface area contributed by atoms with E-state index in [4.69, 9.17) is 5.73 Å². The second-order valence-corrected chi connectivity index (χ2v) is 6.57. The van der Waals surface area contributed by atoms with E-state index in [-0.39, 0.29) is 29.6 Å². The summed E-state index contributed by atoms with van der Waals surface area (Å²) >= 11 is 0. The van der Waals surface area contributed by atoms with Gasteiger partial charge in [-0.3, -0.25) is 9.59 Å².